The van der Waals surface area contributed by atoms with E-state index in [1.54, 1.807) is 24.0 Å². The van der Waals surface area contributed by atoms with Crippen molar-refractivity contribution >= 4 is 27.7 Å². The molecular formula is C22H26BrFN2O2. The number of nitrogens with zero attached hydrogens (tertiary/aromatic N) is 1. The highest BCUT2D eigenvalue weighted by molar-refractivity contribution is 9.10. The molecule has 2 aromatic carbocycles. The van der Waals surface area contributed by atoms with Crippen LogP contribution in [0, 0.1) is 5.82 Å². The molecule has 0 fully saturated rings. The number of carbonyl (C=O) groups excluding carboxylic acids is 2. The molecular weight excluding hydrogens is 423 g/mol. The molecule has 0 radical (unpaired) electrons. The smallest absolute Gasteiger partial charge is 0.242 e. The maximum absolute atomic E-state index is 13.1. The summed E-state index contributed by atoms with van der Waals surface area (Å²) in [5, 5.41) is 2.94. The molecule has 0 bridgehead atoms. The van der Waals surface area contributed by atoms with E-state index < -0.39 is 6.04 Å². The fourth-order valence-corrected chi connectivity index (χ4v) is 2.98. The highest BCUT2D eigenvalue weighted by Crippen LogP contribution is 2.16. The van der Waals surface area contributed by atoms with Crippen LogP contribution in [0.5, 0.6) is 0 Å². The summed E-state index contributed by atoms with van der Waals surface area (Å²) in [4.78, 5) is 27.2. The lowest BCUT2D eigenvalue weighted by molar-refractivity contribution is -0.140. The first-order valence-electron chi connectivity index (χ1n) is 9.39. The standard InChI is InChI=1S/C22H26BrFN2O2/c1-4-15(2)25-22(28)16(3)26(14-18-5-9-19(23)10-6-18)21(27)13-17-7-11-20(24)12-8-17/h5-12,15-16H,4,13-14H2,1-3H3,(H,25,28)/t15-,16-/m0/s1. The predicted octanol–water partition coefficient (Wildman–Crippen LogP) is 4.46. The second-order valence-corrected chi connectivity index (χ2v) is 7.86. The van der Waals surface area contributed by atoms with Gasteiger partial charge in [-0.2, -0.15) is 0 Å². The first-order chi connectivity index (χ1) is 13.3. The largest absolute Gasteiger partial charge is 0.352 e. The van der Waals surface area contributed by atoms with E-state index in [4.69, 9.17) is 0 Å². The normalized spacial score (nSPS) is 12.9. The van der Waals surface area contributed by atoms with Crippen molar-refractivity contribution in [2.45, 2.75) is 52.2 Å². The van der Waals surface area contributed by atoms with Crippen molar-refractivity contribution in [3.8, 4) is 0 Å². The van der Waals surface area contributed by atoms with E-state index in [2.05, 4.69) is 21.2 Å². The molecule has 0 unspecified atom stereocenters. The Bertz CT molecular complexity index is 793. The molecule has 6 heteroatoms. The zero-order valence-electron chi connectivity index (χ0n) is 16.4. The SMILES string of the molecule is CC[C@H](C)NC(=O)[C@H](C)N(Cc1ccc(Br)cc1)C(=O)Cc1ccc(F)cc1. The Morgan fingerprint density at radius 1 is 1.04 bits per heavy atom. The minimum atomic E-state index is -0.620. The lowest BCUT2D eigenvalue weighted by Crippen LogP contribution is -2.49. The monoisotopic (exact) mass is 448 g/mol. The zero-order chi connectivity index (χ0) is 20.7. The molecule has 0 aliphatic heterocycles. The van der Waals surface area contributed by atoms with Crippen molar-refractivity contribution in [2.75, 3.05) is 0 Å². The van der Waals surface area contributed by atoms with Crippen molar-refractivity contribution in [2.24, 2.45) is 0 Å². The van der Waals surface area contributed by atoms with E-state index in [0.717, 1.165) is 16.5 Å². The molecule has 0 saturated carbocycles. The van der Waals surface area contributed by atoms with Gasteiger partial charge in [0.25, 0.3) is 0 Å². The van der Waals surface area contributed by atoms with Gasteiger partial charge in [-0.3, -0.25) is 9.59 Å². The maximum Gasteiger partial charge on any atom is 0.242 e. The molecule has 0 aromatic heterocycles. The zero-order valence-corrected chi connectivity index (χ0v) is 18.0. The van der Waals surface area contributed by atoms with Crippen LogP contribution in [0.3, 0.4) is 0 Å². The van der Waals surface area contributed by atoms with E-state index >= 15 is 0 Å². The van der Waals surface area contributed by atoms with Crippen LogP contribution in [0.15, 0.2) is 53.0 Å². The third-order valence-electron chi connectivity index (χ3n) is 4.70. The van der Waals surface area contributed by atoms with E-state index in [1.165, 1.54) is 12.1 Å². The first-order valence-corrected chi connectivity index (χ1v) is 10.2. The van der Waals surface area contributed by atoms with Gasteiger partial charge in [-0.05, 0) is 55.7 Å². The van der Waals surface area contributed by atoms with Crippen LogP contribution in [0.1, 0.15) is 38.3 Å². The Morgan fingerprint density at radius 3 is 2.18 bits per heavy atom. The highest BCUT2D eigenvalue weighted by Gasteiger charge is 2.26. The Balaban J connectivity index is 2.20. The maximum atomic E-state index is 13.1. The summed E-state index contributed by atoms with van der Waals surface area (Å²) in [5.41, 5.74) is 1.64. The van der Waals surface area contributed by atoms with Gasteiger partial charge in [-0.25, -0.2) is 4.39 Å². The minimum absolute atomic E-state index is 0.0386. The molecule has 1 N–H and O–H groups in total. The van der Waals surface area contributed by atoms with Crippen molar-refractivity contribution in [1.29, 1.82) is 0 Å². The Hall–Kier alpha value is -2.21. The predicted molar refractivity (Wildman–Crippen MR) is 112 cm³/mol. The summed E-state index contributed by atoms with van der Waals surface area (Å²) in [7, 11) is 0. The first kappa shape index (κ1) is 22.1. The summed E-state index contributed by atoms with van der Waals surface area (Å²) < 4.78 is 14.1. The lowest BCUT2D eigenvalue weighted by atomic mass is 10.1. The number of hydrogen-bond donors (Lipinski definition) is 1. The van der Waals surface area contributed by atoms with Gasteiger partial charge in [-0.1, -0.05) is 47.1 Å². The Labute approximate surface area is 174 Å². The lowest BCUT2D eigenvalue weighted by Gasteiger charge is -2.30. The fourth-order valence-electron chi connectivity index (χ4n) is 2.71. The minimum Gasteiger partial charge on any atom is -0.352 e. The quantitative estimate of drug-likeness (QED) is 0.647. The van der Waals surface area contributed by atoms with Crippen LogP contribution in [-0.4, -0.2) is 28.8 Å². The molecule has 4 nitrogen and oxygen atoms in total. The number of benzene rings is 2. The molecule has 0 heterocycles. The Kier molecular flexibility index (Phi) is 8.18. The van der Waals surface area contributed by atoms with E-state index in [1.807, 2.05) is 38.1 Å². The molecule has 0 aliphatic rings. The molecule has 0 spiro atoms. The van der Waals surface area contributed by atoms with Gasteiger partial charge < -0.3 is 10.2 Å². The second-order valence-electron chi connectivity index (χ2n) is 6.95. The van der Waals surface area contributed by atoms with E-state index in [-0.39, 0.29) is 30.1 Å². The topological polar surface area (TPSA) is 49.4 Å². The summed E-state index contributed by atoms with van der Waals surface area (Å²) in [6, 6.07) is 12.9. The summed E-state index contributed by atoms with van der Waals surface area (Å²) in [5.74, 6) is -0.704. The number of hydrogen-bond acceptors (Lipinski definition) is 2. The molecule has 2 rings (SSSR count). The van der Waals surface area contributed by atoms with Crippen molar-refractivity contribution in [3.63, 3.8) is 0 Å². The van der Waals surface area contributed by atoms with Gasteiger partial charge in [-0.15, -0.1) is 0 Å². The Morgan fingerprint density at radius 2 is 1.61 bits per heavy atom. The van der Waals surface area contributed by atoms with Crippen molar-refractivity contribution in [1.82, 2.24) is 10.2 Å². The van der Waals surface area contributed by atoms with Crippen LogP contribution < -0.4 is 5.32 Å². The molecule has 2 aromatic rings. The summed E-state index contributed by atoms with van der Waals surface area (Å²) in [6.07, 6.45) is 0.923. The van der Waals surface area contributed by atoms with Gasteiger partial charge in [0, 0.05) is 17.1 Å². The molecule has 150 valence electrons. The molecule has 2 amide bonds. The van der Waals surface area contributed by atoms with Gasteiger partial charge in [0.15, 0.2) is 0 Å². The van der Waals surface area contributed by atoms with Gasteiger partial charge in [0.2, 0.25) is 11.8 Å². The molecule has 2 atom stereocenters. The molecule has 0 saturated heterocycles. The number of carbonyl (C=O) groups is 2. The van der Waals surface area contributed by atoms with Crippen molar-refractivity contribution < 1.29 is 14.0 Å². The second kappa shape index (κ2) is 10.4. The van der Waals surface area contributed by atoms with Crippen LogP contribution in [0.2, 0.25) is 0 Å². The highest BCUT2D eigenvalue weighted by atomic mass is 79.9. The van der Waals surface area contributed by atoms with Crippen LogP contribution in [-0.2, 0) is 22.6 Å². The third kappa shape index (κ3) is 6.44. The van der Waals surface area contributed by atoms with E-state index in [9.17, 15) is 14.0 Å². The third-order valence-corrected chi connectivity index (χ3v) is 5.23. The van der Waals surface area contributed by atoms with Crippen LogP contribution in [0.25, 0.3) is 0 Å². The van der Waals surface area contributed by atoms with Gasteiger partial charge >= 0.3 is 0 Å². The summed E-state index contributed by atoms with van der Waals surface area (Å²) in [6.45, 7) is 5.99. The van der Waals surface area contributed by atoms with Crippen molar-refractivity contribution in [3.05, 3.63) is 69.9 Å². The number of rotatable bonds is 8. The van der Waals surface area contributed by atoms with Gasteiger partial charge in [0.1, 0.15) is 11.9 Å². The number of nitrogens with one attached hydrogen (secondary N) is 1. The van der Waals surface area contributed by atoms with E-state index in [0.29, 0.717) is 12.1 Å². The molecule has 0 aliphatic carbocycles. The summed E-state index contributed by atoms with van der Waals surface area (Å²) >= 11 is 3.40. The number of halogens is 2. The van der Waals surface area contributed by atoms with Crippen LogP contribution in [0.4, 0.5) is 4.39 Å². The van der Waals surface area contributed by atoms with Gasteiger partial charge in [0.05, 0.1) is 6.42 Å². The average molecular weight is 449 g/mol. The number of amides is 2. The van der Waals surface area contributed by atoms with Crippen LogP contribution >= 0.6 is 15.9 Å². The average Bonchev–Trinajstić information content (AvgIpc) is 2.68. The molecule has 28 heavy (non-hydrogen) atoms. The fraction of sp³-hybridized carbons (Fsp3) is 0.364.